The molecule has 9 heteroatoms. The fourth-order valence-electron chi connectivity index (χ4n) is 2.49. The van der Waals surface area contributed by atoms with Crippen LogP contribution in [0.15, 0.2) is 72.8 Å². The molecule has 0 saturated heterocycles. The van der Waals surface area contributed by atoms with Gasteiger partial charge in [0, 0.05) is 17.2 Å². The van der Waals surface area contributed by atoms with Crippen molar-refractivity contribution in [2.45, 2.75) is 6.61 Å². The number of nitro benzene ring substituents is 1. The number of benzene rings is 3. The maximum absolute atomic E-state index is 13.4. The minimum Gasteiger partial charge on any atom is -0.489 e. The third-order valence-electron chi connectivity index (χ3n) is 4.06. The van der Waals surface area contributed by atoms with Crippen LogP contribution in [-0.4, -0.2) is 16.7 Å². The summed E-state index contributed by atoms with van der Waals surface area (Å²) in [6.45, 7) is 0.325. The Hall–Kier alpha value is -4.27. The lowest BCUT2D eigenvalue weighted by Gasteiger charge is -2.09. The van der Waals surface area contributed by atoms with E-state index in [0.29, 0.717) is 6.61 Å². The zero-order valence-electron chi connectivity index (χ0n) is 15.5. The first-order valence-corrected chi connectivity index (χ1v) is 8.75. The van der Waals surface area contributed by atoms with E-state index in [1.807, 2.05) is 30.3 Å². The molecular formula is C21H16FN3O5. The van der Waals surface area contributed by atoms with Crippen molar-refractivity contribution in [3.8, 4) is 5.75 Å². The smallest absolute Gasteiger partial charge is 0.305 e. The largest absolute Gasteiger partial charge is 0.489 e. The molecule has 0 fully saturated rings. The standard InChI is InChI=1S/C21H16FN3O5/c22-18-11-10-16(12-19(18)25(28)29)21(27)24-23-20(26)15-8-6-14(7-9-15)13-30-17-4-2-1-3-5-17/h1-12H,13H2,(H,23,26)(H,24,27). The highest BCUT2D eigenvalue weighted by Crippen LogP contribution is 2.18. The highest BCUT2D eigenvalue weighted by atomic mass is 19.1. The number of halogens is 1. The number of carbonyl (C=O) groups is 2. The Morgan fingerprint density at radius 1 is 0.900 bits per heavy atom. The van der Waals surface area contributed by atoms with Crippen LogP contribution in [0.5, 0.6) is 5.75 Å². The first-order chi connectivity index (χ1) is 14.4. The van der Waals surface area contributed by atoms with E-state index < -0.39 is 28.2 Å². The maximum atomic E-state index is 13.4. The predicted octanol–water partition coefficient (Wildman–Crippen LogP) is 3.39. The van der Waals surface area contributed by atoms with Crippen LogP contribution < -0.4 is 15.6 Å². The average Bonchev–Trinajstić information content (AvgIpc) is 2.77. The van der Waals surface area contributed by atoms with Crippen molar-refractivity contribution in [1.29, 1.82) is 0 Å². The van der Waals surface area contributed by atoms with E-state index in [9.17, 15) is 24.1 Å². The van der Waals surface area contributed by atoms with Gasteiger partial charge >= 0.3 is 5.69 Å². The molecular weight excluding hydrogens is 393 g/mol. The minimum atomic E-state index is -1.06. The quantitative estimate of drug-likeness (QED) is 0.479. The van der Waals surface area contributed by atoms with Gasteiger partial charge in [0.1, 0.15) is 12.4 Å². The highest BCUT2D eigenvalue weighted by Gasteiger charge is 2.18. The van der Waals surface area contributed by atoms with Crippen molar-refractivity contribution >= 4 is 17.5 Å². The molecule has 0 aliphatic carbocycles. The van der Waals surface area contributed by atoms with Crippen LogP contribution in [0.25, 0.3) is 0 Å². The molecule has 0 heterocycles. The number of hydrogen-bond acceptors (Lipinski definition) is 5. The minimum absolute atomic E-state index is 0.170. The number of amides is 2. The van der Waals surface area contributed by atoms with Gasteiger partial charge < -0.3 is 4.74 Å². The van der Waals surface area contributed by atoms with Gasteiger partial charge in [-0.3, -0.25) is 30.6 Å². The fraction of sp³-hybridized carbons (Fsp3) is 0.0476. The third kappa shape index (κ3) is 5.16. The molecule has 0 aliphatic heterocycles. The van der Waals surface area contributed by atoms with Gasteiger partial charge in [0.2, 0.25) is 5.82 Å². The summed E-state index contributed by atoms with van der Waals surface area (Å²) in [4.78, 5) is 34.0. The van der Waals surface area contributed by atoms with Crippen molar-refractivity contribution < 1.29 is 23.6 Å². The van der Waals surface area contributed by atoms with Gasteiger partial charge in [0.05, 0.1) is 4.92 Å². The lowest BCUT2D eigenvalue weighted by atomic mass is 10.1. The molecule has 2 amide bonds. The number of rotatable bonds is 6. The van der Waals surface area contributed by atoms with E-state index in [1.165, 1.54) is 0 Å². The summed E-state index contributed by atoms with van der Waals surface area (Å²) < 4.78 is 19.0. The Morgan fingerprint density at radius 2 is 1.50 bits per heavy atom. The van der Waals surface area contributed by atoms with E-state index in [0.717, 1.165) is 29.5 Å². The highest BCUT2D eigenvalue weighted by molar-refractivity contribution is 5.99. The summed E-state index contributed by atoms with van der Waals surface area (Å²) in [5, 5.41) is 10.8. The van der Waals surface area contributed by atoms with Gasteiger partial charge in [0.15, 0.2) is 0 Å². The Balaban J connectivity index is 1.55. The second kappa shape index (κ2) is 9.28. The number of para-hydroxylation sites is 1. The van der Waals surface area contributed by atoms with E-state index in [4.69, 9.17) is 4.74 Å². The van der Waals surface area contributed by atoms with Gasteiger partial charge in [-0.15, -0.1) is 0 Å². The number of ether oxygens (including phenoxy) is 1. The average molecular weight is 409 g/mol. The number of nitro groups is 1. The molecule has 0 atom stereocenters. The van der Waals surface area contributed by atoms with Crippen LogP contribution in [0.3, 0.4) is 0 Å². The van der Waals surface area contributed by atoms with Crippen LogP contribution in [0, 0.1) is 15.9 Å². The van der Waals surface area contributed by atoms with Crippen LogP contribution in [-0.2, 0) is 6.61 Å². The molecule has 3 aromatic carbocycles. The molecule has 30 heavy (non-hydrogen) atoms. The second-order valence-corrected chi connectivity index (χ2v) is 6.13. The Bertz CT molecular complexity index is 1070. The monoisotopic (exact) mass is 409 g/mol. The van der Waals surface area contributed by atoms with Gasteiger partial charge in [-0.1, -0.05) is 30.3 Å². The molecule has 0 aliphatic rings. The van der Waals surface area contributed by atoms with Gasteiger partial charge in [-0.05, 0) is 42.0 Å². The van der Waals surface area contributed by atoms with E-state index in [2.05, 4.69) is 10.9 Å². The van der Waals surface area contributed by atoms with Crippen molar-refractivity contribution in [2.24, 2.45) is 0 Å². The molecule has 0 radical (unpaired) electrons. The Kier molecular flexibility index (Phi) is 6.33. The second-order valence-electron chi connectivity index (χ2n) is 6.13. The van der Waals surface area contributed by atoms with Crippen molar-refractivity contribution in [3.63, 3.8) is 0 Å². The number of nitrogens with one attached hydrogen (secondary N) is 2. The SMILES string of the molecule is O=C(NNC(=O)c1ccc(F)c([N+](=O)[O-])c1)c1ccc(COc2ccccc2)cc1. The van der Waals surface area contributed by atoms with Gasteiger partial charge in [0.25, 0.3) is 11.8 Å². The third-order valence-corrected chi connectivity index (χ3v) is 4.06. The molecule has 0 spiro atoms. The summed E-state index contributed by atoms with van der Waals surface area (Å²) in [6.07, 6.45) is 0. The zero-order valence-corrected chi connectivity index (χ0v) is 15.5. The molecule has 0 unspecified atom stereocenters. The Labute approximate surface area is 170 Å². The topological polar surface area (TPSA) is 111 Å². The summed E-state index contributed by atoms with van der Waals surface area (Å²) >= 11 is 0. The van der Waals surface area contributed by atoms with Crippen molar-refractivity contribution in [3.05, 3.63) is 105 Å². The van der Waals surface area contributed by atoms with Crippen molar-refractivity contribution in [1.82, 2.24) is 10.9 Å². The fourth-order valence-corrected chi connectivity index (χ4v) is 2.49. The lowest BCUT2D eigenvalue weighted by Crippen LogP contribution is -2.41. The van der Waals surface area contributed by atoms with Gasteiger partial charge in [-0.2, -0.15) is 4.39 Å². The number of hydrazine groups is 1. The predicted molar refractivity (Wildman–Crippen MR) is 105 cm³/mol. The van der Waals surface area contributed by atoms with Crippen LogP contribution in [0.2, 0.25) is 0 Å². The molecule has 3 rings (SSSR count). The molecule has 152 valence electrons. The first-order valence-electron chi connectivity index (χ1n) is 8.75. The van der Waals surface area contributed by atoms with Crippen molar-refractivity contribution in [2.75, 3.05) is 0 Å². The molecule has 3 aromatic rings. The van der Waals surface area contributed by atoms with E-state index in [-0.39, 0.29) is 11.1 Å². The summed E-state index contributed by atoms with van der Waals surface area (Å²) in [5.41, 5.74) is 4.47. The van der Waals surface area contributed by atoms with Crippen LogP contribution in [0.1, 0.15) is 26.3 Å². The molecule has 0 aromatic heterocycles. The van der Waals surface area contributed by atoms with E-state index in [1.54, 1.807) is 24.3 Å². The number of nitrogens with zero attached hydrogens (tertiary/aromatic N) is 1. The lowest BCUT2D eigenvalue weighted by molar-refractivity contribution is -0.387. The molecule has 0 bridgehead atoms. The number of hydrogen-bond donors (Lipinski definition) is 2. The van der Waals surface area contributed by atoms with Gasteiger partial charge in [-0.25, -0.2) is 0 Å². The Morgan fingerprint density at radius 3 is 2.13 bits per heavy atom. The molecule has 8 nitrogen and oxygen atoms in total. The van der Waals surface area contributed by atoms with Crippen LogP contribution >= 0.6 is 0 Å². The van der Waals surface area contributed by atoms with Crippen LogP contribution in [0.4, 0.5) is 10.1 Å². The summed E-state index contributed by atoms with van der Waals surface area (Å²) in [5.74, 6) is -1.74. The maximum Gasteiger partial charge on any atom is 0.305 e. The van der Waals surface area contributed by atoms with E-state index >= 15 is 0 Å². The number of carbonyl (C=O) groups excluding carboxylic acids is 2. The molecule has 2 N–H and O–H groups in total. The normalized spacial score (nSPS) is 10.2. The summed E-state index contributed by atoms with van der Waals surface area (Å²) in [7, 11) is 0. The zero-order chi connectivity index (χ0) is 21.5. The first kappa shape index (κ1) is 20.5. The molecule has 0 saturated carbocycles. The summed E-state index contributed by atoms with van der Waals surface area (Å²) in [6, 6.07) is 18.5.